The van der Waals surface area contributed by atoms with E-state index < -0.39 is 21.8 Å². The summed E-state index contributed by atoms with van der Waals surface area (Å²) in [4.78, 5) is 24.7. The SMILES string of the molecule is CCCS(=O)(=O)Nc1cccc(C(=O)NNC(=O)c2cc3ccccc3cc2O)c1. The predicted octanol–water partition coefficient (Wildman–Crippen LogP) is 2.77. The molecule has 9 heteroatoms. The number of amides is 2. The van der Waals surface area contributed by atoms with E-state index >= 15 is 0 Å². The number of hydrazine groups is 1. The number of nitrogens with one attached hydrogen (secondary N) is 3. The van der Waals surface area contributed by atoms with Gasteiger partial charge < -0.3 is 5.11 Å². The van der Waals surface area contributed by atoms with Gasteiger partial charge in [0.2, 0.25) is 10.0 Å². The first kappa shape index (κ1) is 21.1. The van der Waals surface area contributed by atoms with Gasteiger partial charge >= 0.3 is 0 Å². The van der Waals surface area contributed by atoms with Crippen LogP contribution >= 0.6 is 0 Å². The van der Waals surface area contributed by atoms with Gasteiger partial charge in [-0.25, -0.2) is 8.42 Å². The molecule has 0 heterocycles. The summed E-state index contributed by atoms with van der Waals surface area (Å²) < 4.78 is 26.2. The van der Waals surface area contributed by atoms with Crippen molar-refractivity contribution in [1.82, 2.24) is 10.9 Å². The third-order valence-electron chi connectivity index (χ3n) is 4.27. The normalized spacial score (nSPS) is 11.1. The van der Waals surface area contributed by atoms with Gasteiger partial charge in [0.15, 0.2) is 0 Å². The third-order valence-corrected chi connectivity index (χ3v) is 5.76. The molecule has 0 saturated heterocycles. The van der Waals surface area contributed by atoms with E-state index in [9.17, 15) is 23.1 Å². The Morgan fingerprint density at radius 1 is 0.900 bits per heavy atom. The number of benzene rings is 3. The largest absolute Gasteiger partial charge is 0.507 e. The van der Waals surface area contributed by atoms with Crippen molar-refractivity contribution >= 4 is 38.3 Å². The summed E-state index contributed by atoms with van der Waals surface area (Å²) in [7, 11) is -3.49. The van der Waals surface area contributed by atoms with E-state index in [1.54, 1.807) is 19.1 Å². The molecule has 8 nitrogen and oxygen atoms in total. The molecule has 0 unspecified atom stereocenters. The van der Waals surface area contributed by atoms with Crippen molar-refractivity contribution in [2.24, 2.45) is 0 Å². The van der Waals surface area contributed by atoms with Gasteiger partial charge in [-0.3, -0.25) is 25.2 Å². The van der Waals surface area contributed by atoms with Crippen molar-refractivity contribution in [2.45, 2.75) is 13.3 Å². The maximum Gasteiger partial charge on any atom is 0.273 e. The number of aromatic hydroxyl groups is 1. The Morgan fingerprint density at radius 2 is 1.57 bits per heavy atom. The van der Waals surface area contributed by atoms with Crippen molar-refractivity contribution in [3.05, 3.63) is 71.8 Å². The van der Waals surface area contributed by atoms with Gasteiger partial charge in [0.25, 0.3) is 11.8 Å². The van der Waals surface area contributed by atoms with Crippen molar-refractivity contribution in [2.75, 3.05) is 10.5 Å². The summed E-state index contributed by atoms with van der Waals surface area (Å²) >= 11 is 0. The zero-order chi connectivity index (χ0) is 21.7. The average Bonchev–Trinajstić information content (AvgIpc) is 2.71. The van der Waals surface area contributed by atoms with Gasteiger partial charge in [0.1, 0.15) is 5.75 Å². The van der Waals surface area contributed by atoms with E-state index in [0.717, 1.165) is 10.8 Å². The molecule has 0 aromatic heterocycles. The molecule has 0 aliphatic heterocycles. The lowest BCUT2D eigenvalue weighted by Gasteiger charge is -2.11. The highest BCUT2D eigenvalue weighted by Gasteiger charge is 2.15. The van der Waals surface area contributed by atoms with Gasteiger partial charge in [-0.2, -0.15) is 0 Å². The van der Waals surface area contributed by atoms with Gasteiger partial charge in [-0.05, 0) is 47.5 Å². The van der Waals surface area contributed by atoms with E-state index in [1.807, 2.05) is 12.1 Å². The molecule has 3 aromatic carbocycles. The molecule has 0 atom stereocenters. The van der Waals surface area contributed by atoms with Crippen LogP contribution in [0.15, 0.2) is 60.7 Å². The number of hydrogen-bond donors (Lipinski definition) is 4. The summed E-state index contributed by atoms with van der Waals surface area (Å²) in [5.41, 5.74) is 4.92. The number of carbonyl (C=O) groups excluding carboxylic acids is 2. The second kappa shape index (κ2) is 8.83. The number of phenols is 1. The number of hydrogen-bond acceptors (Lipinski definition) is 5. The van der Waals surface area contributed by atoms with Crippen molar-refractivity contribution < 1.29 is 23.1 Å². The fourth-order valence-electron chi connectivity index (χ4n) is 2.89. The molecule has 0 spiro atoms. The lowest BCUT2D eigenvalue weighted by atomic mass is 10.1. The quantitative estimate of drug-likeness (QED) is 0.450. The van der Waals surface area contributed by atoms with Crippen LogP contribution in [0.5, 0.6) is 5.75 Å². The van der Waals surface area contributed by atoms with Gasteiger partial charge in [0.05, 0.1) is 11.3 Å². The first-order chi connectivity index (χ1) is 14.3. The predicted molar refractivity (Wildman–Crippen MR) is 115 cm³/mol. The molecule has 0 saturated carbocycles. The van der Waals surface area contributed by atoms with Gasteiger partial charge in [0, 0.05) is 11.3 Å². The molecule has 3 aromatic rings. The number of phenolic OH excluding ortho intramolecular Hbond substituents is 1. The summed E-state index contributed by atoms with van der Waals surface area (Å²) in [5.74, 6) is -1.58. The highest BCUT2D eigenvalue weighted by molar-refractivity contribution is 7.92. The highest BCUT2D eigenvalue weighted by Crippen LogP contribution is 2.24. The van der Waals surface area contributed by atoms with E-state index in [4.69, 9.17) is 0 Å². The molecule has 30 heavy (non-hydrogen) atoms. The number of carbonyl (C=O) groups is 2. The number of rotatable bonds is 6. The van der Waals surface area contributed by atoms with Crippen molar-refractivity contribution in [3.63, 3.8) is 0 Å². The van der Waals surface area contributed by atoms with Gasteiger partial charge in [-0.15, -0.1) is 0 Å². The molecule has 0 aliphatic rings. The number of fused-ring (bicyclic) bond motifs is 1. The van der Waals surface area contributed by atoms with Crippen molar-refractivity contribution in [3.8, 4) is 5.75 Å². The second-order valence-electron chi connectivity index (χ2n) is 6.63. The van der Waals surface area contributed by atoms with E-state index in [2.05, 4.69) is 15.6 Å². The number of sulfonamides is 1. The lowest BCUT2D eigenvalue weighted by Crippen LogP contribution is -2.41. The van der Waals surface area contributed by atoms with Crippen molar-refractivity contribution in [1.29, 1.82) is 0 Å². The molecule has 2 amide bonds. The van der Waals surface area contributed by atoms with E-state index in [0.29, 0.717) is 6.42 Å². The van der Waals surface area contributed by atoms with Crippen LogP contribution in [0.25, 0.3) is 10.8 Å². The number of anilines is 1. The summed E-state index contributed by atoms with van der Waals surface area (Å²) in [6.45, 7) is 1.75. The van der Waals surface area contributed by atoms with Crippen LogP contribution in [0, 0.1) is 0 Å². The highest BCUT2D eigenvalue weighted by atomic mass is 32.2. The minimum absolute atomic E-state index is 0.00933. The van der Waals surface area contributed by atoms with Crippen LogP contribution < -0.4 is 15.6 Å². The fraction of sp³-hybridized carbons (Fsp3) is 0.143. The molecule has 4 N–H and O–H groups in total. The van der Waals surface area contributed by atoms with Crippen LogP contribution in [-0.4, -0.2) is 31.1 Å². The fourth-order valence-corrected chi connectivity index (χ4v) is 4.01. The molecular formula is C21H21N3O5S. The molecule has 156 valence electrons. The Balaban J connectivity index is 1.69. The minimum atomic E-state index is -3.49. The van der Waals surface area contributed by atoms with E-state index in [-0.39, 0.29) is 28.3 Å². The Kier molecular flexibility index (Phi) is 6.22. The summed E-state index contributed by atoms with van der Waals surface area (Å²) in [6.07, 6.45) is 0.461. The Hall–Kier alpha value is -3.59. The van der Waals surface area contributed by atoms with Crippen LogP contribution in [0.1, 0.15) is 34.1 Å². The zero-order valence-corrected chi connectivity index (χ0v) is 17.0. The van der Waals surface area contributed by atoms with Crippen LogP contribution in [-0.2, 0) is 10.0 Å². The third kappa shape index (κ3) is 5.06. The Labute approximate surface area is 173 Å². The molecular weight excluding hydrogens is 406 g/mol. The summed E-state index contributed by atoms with van der Waals surface area (Å²) in [5, 5.41) is 11.6. The van der Waals surface area contributed by atoms with Crippen LogP contribution in [0.3, 0.4) is 0 Å². The molecule has 0 aliphatic carbocycles. The zero-order valence-electron chi connectivity index (χ0n) is 16.2. The first-order valence-corrected chi connectivity index (χ1v) is 10.9. The van der Waals surface area contributed by atoms with Crippen LogP contribution in [0.2, 0.25) is 0 Å². The van der Waals surface area contributed by atoms with E-state index in [1.165, 1.54) is 36.4 Å². The smallest absolute Gasteiger partial charge is 0.273 e. The molecule has 0 fully saturated rings. The minimum Gasteiger partial charge on any atom is -0.507 e. The second-order valence-corrected chi connectivity index (χ2v) is 8.47. The van der Waals surface area contributed by atoms with Gasteiger partial charge in [-0.1, -0.05) is 37.3 Å². The van der Waals surface area contributed by atoms with Crippen LogP contribution in [0.4, 0.5) is 5.69 Å². The molecule has 0 bridgehead atoms. The summed E-state index contributed by atoms with van der Waals surface area (Å²) in [6, 6.07) is 16.1. The standard InChI is InChI=1S/C21H21N3O5S/c1-2-10-30(28,29)24-17-9-5-8-16(11-17)20(26)22-23-21(27)18-12-14-6-3-4-7-15(14)13-19(18)25/h3-9,11-13,24-25H,2,10H2,1H3,(H,22,26)(H,23,27). The first-order valence-electron chi connectivity index (χ1n) is 9.22. The molecule has 3 rings (SSSR count). The lowest BCUT2D eigenvalue weighted by molar-refractivity contribution is 0.0845. The molecule has 0 radical (unpaired) electrons. The Bertz CT molecular complexity index is 1210. The maximum absolute atomic E-state index is 12.4. The monoisotopic (exact) mass is 427 g/mol. The topological polar surface area (TPSA) is 125 Å². The maximum atomic E-state index is 12.4. The average molecular weight is 427 g/mol. The Morgan fingerprint density at radius 3 is 2.27 bits per heavy atom.